The molecule has 0 spiro atoms. The fourth-order valence-corrected chi connectivity index (χ4v) is 4.95. The van der Waals surface area contributed by atoms with E-state index in [1.165, 1.54) is 14.1 Å². The minimum atomic E-state index is -3.58. The Morgan fingerprint density at radius 1 is 1.06 bits per heavy atom. The molecule has 2 heterocycles. The molecular formula is C24H26N4O4S. The zero-order valence-corrected chi connectivity index (χ0v) is 20.1. The number of pyridine rings is 1. The molecule has 0 amide bonds. The van der Waals surface area contributed by atoms with Crippen molar-refractivity contribution in [3.8, 4) is 0 Å². The molecule has 0 aliphatic rings. The Kier molecular flexibility index (Phi) is 5.94. The Morgan fingerprint density at radius 3 is 2.48 bits per heavy atom. The van der Waals surface area contributed by atoms with Gasteiger partial charge in [-0.3, -0.25) is 4.98 Å². The standard InChI is InChI=1S/C24H26N4O4S/c1-6-28-21-12-11-17(33(30,31)27(4)5)13-20(21)26-22(28)14-32-24(29)23-15(2)18-9-7-8-10-19(18)25-16(23)3/h7-13H,6,14H2,1-5H3. The van der Waals surface area contributed by atoms with Crippen LogP contribution >= 0.6 is 0 Å². The summed E-state index contributed by atoms with van der Waals surface area (Å²) in [5.74, 6) is 0.0816. The van der Waals surface area contributed by atoms with Crippen LogP contribution in [0.2, 0.25) is 0 Å². The third kappa shape index (κ3) is 3.98. The van der Waals surface area contributed by atoms with Gasteiger partial charge >= 0.3 is 5.97 Å². The van der Waals surface area contributed by atoms with Gasteiger partial charge in [0, 0.05) is 26.0 Å². The third-order valence-corrected chi connectivity index (χ3v) is 7.57. The maximum atomic E-state index is 13.0. The monoisotopic (exact) mass is 466 g/mol. The zero-order chi connectivity index (χ0) is 23.9. The van der Waals surface area contributed by atoms with Crippen molar-refractivity contribution >= 4 is 37.9 Å². The number of aromatic nitrogens is 3. The van der Waals surface area contributed by atoms with E-state index in [0.717, 1.165) is 26.3 Å². The number of benzene rings is 2. The quantitative estimate of drug-likeness (QED) is 0.401. The lowest BCUT2D eigenvalue weighted by molar-refractivity contribution is 0.0456. The van der Waals surface area contributed by atoms with Crippen molar-refractivity contribution in [2.75, 3.05) is 14.1 Å². The number of carbonyl (C=O) groups is 1. The molecular weight excluding hydrogens is 440 g/mol. The van der Waals surface area contributed by atoms with Crippen LogP contribution < -0.4 is 0 Å². The highest BCUT2D eigenvalue weighted by Gasteiger charge is 2.21. The molecule has 0 saturated carbocycles. The molecule has 0 bridgehead atoms. The summed E-state index contributed by atoms with van der Waals surface area (Å²) >= 11 is 0. The first-order valence-corrected chi connectivity index (χ1v) is 12.0. The van der Waals surface area contributed by atoms with Crippen molar-refractivity contribution in [2.45, 2.75) is 38.8 Å². The zero-order valence-electron chi connectivity index (χ0n) is 19.3. The van der Waals surface area contributed by atoms with Gasteiger partial charge in [0.05, 0.1) is 32.7 Å². The van der Waals surface area contributed by atoms with Crippen LogP contribution in [0.25, 0.3) is 21.9 Å². The van der Waals surface area contributed by atoms with Crippen LogP contribution in [0.3, 0.4) is 0 Å². The van der Waals surface area contributed by atoms with E-state index in [0.29, 0.717) is 29.1 Å². The molecule has 0 saturated heterocycles. The highest BCUT2D eigenvalue weighted by atomic mass is 32.2. The van der Waals surface area contributed by atoms with Crippen molar-refractivity contribution < 1.29 is 17.9 Å². The van der Waals surface area contributed by atoms with Gasteiger partial charge in [0.25, 0.3) is 0 Å². The molecule has 33 heavy (non-hydrogen) atoms. The highest BCUT2D eigenvalue weighted by Crippen LogP contribution is 2.25. The fourth-order valence-electron chi connectivity index (χ4n) is 4.03. The summed E-state index contributed by atoms with van der Waals surface area (Å²) < 4.78 is 33.7. The Balaban J connectivity index is 1.66. The number of aryl methyl sites for hydroxylation is 3. The van der Waals surface area contributed by atoms with Gasteiger partial charge in [-0.2, -0.15) is 0 Å². The Hall–Kier alpha value is -3.30. The number of sulfonamides is 1. The number of carbonyl (C=O) groups excluding carboxylic acids is 1. The molecule has 172 valence electrons. The summed E-state index contributed by atoms with van der Waals surface area (Å²) in [5, 5.41) is 0.908. The molecule has 0 unspecified atom stereocenters. The lowest BCUT2D eigenvalue weighted by Gasteiger charge is -2.12. The van der Waals surface area contributed by atoms with Gasteiger partial charge in [0.15, 0.2) is 0 Å². The minimum absolute atomic E-state index is 0.0389. The first kappa shape index (κ1) is 22.9. The van der Waals surface area contributed by atoms with E-state index in [2.05, 4.69) is 9.97 Å². The summed E-state index contributed by atoms with van der Waals surface area (Å²) in [6.45, 7) is 6.20. The molecule has 0 radical (unpaired) electrons. The summed E-state index contributed by atoms with van der Waals surface area (Å²) in [4.78, 5) is 22.3. The summed E-state index contributed by atoms with van der Waals surface area (Å²) in [5.41, 5.74) is 4.03. The van der Waals surface area contributed by atoms with Crippen molar-refractivity contribution in [1.82, 2.24) is 18.8 Å². The lowest BCUT2D eigenvalue weighted by Crippen LogP contribution is -2.22. The number of hydrogen-bond donors (Lipinski definition) is 0. The van der Waals surface area contributed by atoms with E-state index in [-0.39, 0.29) is 11.5 Å². The van der Waals surface area contributed by atoms with Crippen LogP contribution in [-0.2, 0) is 27.9 Å². The van der Waals surface area contributed by atoms with Gasteiger partial charge in [-0.1, -0.05) is 18.2 Å². The van der Waals surface area contributed by atoms with E-state index < -0.39 is 16.0 Å². The van der Waals surface area contributed by atoms with E-state index >= 15 is 0 Å². The van der Waals surface area contributed by atoms with E-state index in [1.807, 2.05) is 42.7 Å². The topological polar surface area (TPSA) is 94.4 Å². The molecule has 0 N–H and O–H groups in total. The largest absolute Gasteiger partial charge is 0.454 e. The maximum Gasteiger partial charge on any atom is 0.340 e. The summed E-state index contributed by atoms with van der Waals surface area (Å²) in [6, 6.07) is 12.5. The normalized spacial score (nSPS) is 12.1. The predicted molar refractivity (Wildman–Crippen MR) is 127 cm³/mol. The first-order valence-electron chi connectivity index (χ1n) is 10.6. The van der Waals surface area contributed by atoms with E-state index in [4.69, 9.17) is 4.74 Å². The molecule has 0 aliphatic carbocycles. The van der Waals surface area contributed by atoms with Crippen molar-refractivity contribution in [2.24, 2.45) is 0 Å². The molecule has 4 rings (SSSR count). The number of hydrogen-bond acceptors (Lipinski definition) is 6. The number of ether oxygens (including phenoxy) is 1. The van der Waals surface area contributed by atoms with Gasteiger partial charge in [-0.25, -0.2) is 22.5 Å². The summed E-state index contributed by atoms with van der Waals surface area (Å²) in [6.07, 6.45) is 0. The van der Waals surface area contributed by atoms with Crippen LogP contribution in [0.4, 0.5) is 0 Å². The van der Waals surface area contributed by atoms with Crippen LogP contribution in [0.1, 0.15) is 34.4 Å². The van der Waals surface area contributed by atoms with Crippen LogP contribution in [0, 0.1) is 13.8 Å². The van der Waals surface area contributed by atoms with Crippen LogP contribution in [-0.4, -0.2) is 47.3 Å². The molecule has 4 aromatic rings. The lowest BCUT2D eigenvalue weighted by atomic mass is 10.0. The number of para-hydroxylation sites is 1. The maximum absolute atomic E-state index is 13.0. The smallest absolute Gasteiger partial charge is 0.340 e. The molecule has 0 atom stereocenters. The second-order valence-electron chi connectivity index (χ2n) is 8.00. The second kappa shape index (κ2) is 8.57. The van der Waals surface area contributed by atoms with Gasteiger partial charge in [0.1, 0.15) is 12.4 Å². The van der Waals surface area contributed by atoms with Crippen molar-refractivity contribution in [1.29, 1.82) is 0 Å². The first-order chi connectivity index (χ1) is 15.6. The Morgan fingerprint density at radius 2 is 1.79 bits per heavy atom. The van der Waals surface area contributed by atoms with Crippen LogP contribution in [0.5, 0.6) is 0 Å². The van der Waals surface area contributed by atoms with Gasteiger partial charge < -0.3 is 9.30 Å². The number of fused-ring (bicyclic) bond motifs is 2. The average Bonchev–Trinajstić information content (AvgIpc) is 3.14. The van der Waals surface area contributed by atoms with Crippen molar-refractivity contribution in [3.63, 3.8) is 0 Å². The molecule has 2 aromatic carbocycles. The summed E-state index contributed by atoms with van der Waals surface area (Å²) in [7, 11) is -0.603. The molecule has 2 aromatic heterocycles. The predicted octanol–water partition coefficient (Wildman–Crippen LogP) is 3.83. The molecule has 9 heteroatoms. The Labute approximate surface area is 192 Å². The van der Waals surface area contributed by atoms with Gasteiger partial charge in [0.2, 0.25) is 10.0 Å². The van der Waals surface area contributed by atoms with E-state index in [1.54, 1.807) is 25.1 Å². The fraction of sp³-hybridized carbons (Fsp3) is 0.292. The number of rotatable bonds is 6. The minimum Gasteiger partial charge on any atom is -0.454 e. The molecule has 0 aliphatic heterocycles. The van der Waals surface area contributed by atoms with Gasteiger partial charge in [-0.05, 0) is 50.6 Å². The van der Waals surface area contributed by atoms with Gasteiger partial charge in [-0.15, -0.1) is 0 Å². The Bertz CT molecular complexity index is 1490. The highest BCUT2D eigenvalue weighted by molar-refractivity contribution is 7.89. The molecule has 8 nitrogen and oxygen atoms in total. The number of esters is 1. The molecule has 0 fully saturated rings. The average molecular weight is 467 g/mol. The number of nitrogens with zero attached hydrogens (tertiary/aromatic N) is 4. The number of imidazole rings is 1. The van der Waals surface area contributed by atoms with E-state index in [9.17, 15) is 13.2 Å². The second-order valence-corrected chi connectivity index (χ2v) is 10.2. The van der Waals surface area contributed by atoms with Crippen LogP contribution in [0.15, 0.2) is 47.4 Å². The SMILES string of the molecule is CCn1c(COC(=O)c2c(C)nc3ccccc3c2C)nc2cc(S(=O)(=O)N(C)C)ccc21. The third-order valence-electron chi connectivity index (χ3n) is 5.76. The van der Waals surface area contributed by atoms with Crippen molar-refractivity contribution in [3.05, 3.63) is 65.1 Å².